The number of nitrogens with zero attached hydrogens (tertiary/aromatic N) is 1. The molecular weight excluding hydrogens is 222 g/mol. The number of aromatic nitrogens is 1. The quantitative estimate of drug-likeness (QED) is 0.857. The highest BCUT2D eigenvalue weighted by atomic mass is 15.1. The van der Waals surface area contributed by atoms with Gasteiger partial charge < -0.3 is 15.2 Å². The van der Waals surface area contributed by atoms with Crippen molar-refractivity contribution in [2.75, 3.05) is 19.6 Å². The minimum absolute atomic E-state index is 0.537. The maximum atomic E-state index is 3.65. The third kappa shape index (κ3) is 2.10. The Hall–Kier alpha value is -0.800. The third-order valence-electron chi connectivity index (χ3n) is 4.55. The summed E-state index contributed by atoms with van der Waals surface area (Å²) in [7, 11) is 0. The highest BCUT2D eigenvalue weighted by Crippen LogP contribution is 2.47. The second kappa shape index (κ2) is 4.71. The summed E-state index contributed by atoms with van der Waals surface area (Å²) in [6, 6.07) is 2.90. The lowest BCUT2D eigenvalue weighted by Gasteiger charge is -2.53. The molecule has 2 aliphatic rings. The van der Waals surface area contributed by atoms with E-state index in [0.29, 0.717) is 17.4 Å². The first-order valence-corrected chi connectivity index (χ1v) is 7.29. The molecule has 2 saturated heterocycles. The second-order valence-corrected chi connectivity index (χ2v) is 6.46. The molecule has 1 aromatic rings. The molecule has 3 nitrogen and oxygen atoms in total. The van der Waals surface area contributed by atoms with E-state index < -0.39 is 0 Å². The number of piperidine rings is 1. The van der Waals surface area contributed by atoms with E-state index in [1.165, 1.54) is 38.0 Å². The standard InChI is InChI=1S/C15H25N3/c1-12(2)9-18-8-3-13(10-18)14-15(11-17-14)4-6-16-7-5-15/h3,8,10,12,14,16-17H,4-7,9,11H2,1-2H3/t14-/m1/s1. The third-order valence-corrected chi connectivity index (χ3v) is 4.55. The Kier molecular flexibility index (Phi) is 3.20. The van der Waals surface area contributed by atoms with Crippen LogP contribution in [0.5, 0.6) is 0 Å². The summed E-state index contributed by atoms with van der Waals surface area (Å²) >= 11 is 0. The van der Waals surface area contributed by atoms with Crippen LogP contribution in [-0.4, -0.2) is 24.2 Å². The zero-order valence-electron chi connectivity index (χ0n) is 11.6. The molecule has 1 spiro atoms. The Balaban J connectivity index is 1.72. The fraction of sp³-hybridized carbons (Fsp3) is 0.733. The van der Waals surface area contributed by atoms with E-state index >= 15 is 0 Å². The van der Waals surface area contributed by atoms with Crippen molar-refractivity contribution >= 4 is 0 Å². The largest absolute Gasteiger partial charge is 0.354 e. The molecule has 2 N–H and O–H groups in total. The SMILES string of the molecule is CC(C)Cn1ccc([C@H]2NCC23CCNCC3)c1. The Morgan fingerprint density at radius 2 is 2.17 bits per heavy atom. The summed E-state index contributed by atoms with van der Waals surface area (Å²) in [5.41, 5.74) is 2.03. The fourth-order valence-electron chi connectivity index (χ4n) is 3.52. The molecule has 18 heavy (non-hydrogen) atoms. The lowest BCUT2D eigenvalue weighted by atomic mass is 9.65. The second-order valence-electron chi connectivity index (χ2n) is 6.46. The van der Waals surface area contributed by atoms with Crippen molar-refractivity contribution in [2.24, 2.45) is 11.3 Å². The number of hydrogen-bond acceptors (Lipinski definition) is 2. The van der Waals surface area contributed by atoms with Crippen LogP contribution in [-0.2, 0) is 6.54 Å². The van der Waals surface area contributed by atoms with Crippen molar-refractivity contribution in [1.82, 2.24) is 15.2 Å². The Morgan fingerprint density at radius 1 is 1.39 bits per heavy atom. The van der Waals surface area contributed by atoms with Crippen LogP contribution in [0.25, 0.3) is 0 Å². The summed E-state index contributed by atoms with van der Waals surface area (Å²) < 4.78 is 2.34. The molecule has 2 aliphatic heterocycles. The van der Waals surface area contributed by atoms with Crippen molar-refractivity contribution in [3.8, 4) is 0 Å². The minimum atomic E-state index is 0.537. The minimum Gasteiger partial charge on any atom is -0.354 e. The van der Waals surface area contributed by atoms with Gasteiger partial charge in [0.25, 0.3) is 0 Å². The fourth-order valence-corrected chi connectivity index (χ4v) is 3.52. The summed E-state index contributed by atoms with van der Waals surface area (Å²) in [5.74, 6) is 0.715. The lowest BCUT2D eigenvalue weighted by molar-refractivity contribution is 0.0436. The van der Waals surface area contributed by atoms with Crippen molar-refractivity contribution < 1.29 is 0 Å². The van der Waals surface area contributed by atoms with E-state index in [2.05, 4.69) is 47.5 Å². The molecule has 0 bridgehead atoms. The van der Waals surface area contributed by atoms with Crippen LogP contribution < -0.4 is 10.6 Å². The Labute approximate surface area is 110 Å². The average molecular weight is 247 g/mol. The number of hydrogen-bond donors (Lipinski definition) is 2. The van der Waals surface area contributed by atoms with Crippen molar-refractivity contribution in [3.63, 3.8) is 0 Å². The molecule has 0 aromatic carbocycles. The molecule has 1 atom stereocenters. The van der Waals surface area contributed by atoms with Gasteiger partial charge in [-0.15, -0.1) is 0 Å². The first-order chi connectivity index (χ1) is 8.70. The first-order valence-electron chi connectivity index (χ1n) is 7.29. The molecule has 0 saturated carbocycles. The van der Waals surface area contributed by atoms with Crippen LogP contribution in [0, 0.1) is 11.3 Å². The van der Waals surface area contributed by atoms with Crippen molar-refractivity contribution in [1.29, 1.82) is 0 Å². The molecule has 0 amide bonds. The van der Waals surface area contributed by atoms with Gasteiger partial charge in [0.2, 0.25) is 0 Å². The van der Waals surface area contributed by atoms with E-state index in [1.54, 1.807) is 0 Å². The van der Waals surface area contributed by atoms with Gasteiger partial charge in [0.05, 0.1) is 0 Å². The summed E-state index contributed by atoms with van der Waals surface area (Å²) in [4.78, 5) is 0. The van der Waals surface area contributed by atoms with Crippen LogP contribution in [0.1, 0.15) is 38.3 Å². The predicted octanol–water partition coefficient (Wildman–Crippen LogP) is 2.16. The summed E-state index contributed by atoms with van der Waals surface area (Å²) in [6.45, 7) is 9.25. The van der Waals surface area contributed by atoms with Gasteiger partial charge >= 0.3 is 0 Å². The van der Waals surface area contributed by atoms with Crippen LogP contribution in [0.2, 0.25) is 0 Å². The maximum absolute atomic E-state index is 3.65. The predicted molar refractivity (Wildman–Crippen MR) is 74.6 cm³/mol. The first kappa shape index (κ1) is 12.2. The molecule has 0 radical (unpaired) electrons. The molecule has 100 valence electrons. The highest BCUT2D eigenvalue weighted by molar-refractivity contribution is 5.23. The zero-order chi connectivity index (χ0) is 12.6. The van der Waals surface area contributed by atoms with Gasteiger partial charge in [-0.3, -0.25) is 0 Å². The number of nitrogens with one attached hydrogen (secondary N) is 2. The van der Waals surface area contributed by atoms with Gasteiger partial charge in [-0.2, -0.15) is 0 Å². The maximum Gasteiger partial charge on any atom is 0.0405 e. The van der Waals surface area contributed by atoms with Crippen molar-refractivity contribution in [2.45, 2.75) is 39.3 Å². The Morgan fingerprint density at radius 3 is 2.78 bits per heavy atom. The highest BCUT2D eigenvalue weighted by Gasteiger charge is 2.47. The molecule has 3 heteroatoms. The van der Waals surface area contributed by atoms with Gasteiger partial charge in [0, 0.05) is 36.9 Å². The average Bonchev–Trinajstić information content (AvgIpc) is 2.76. The van der Waals surface area contributed by atoms with E-state index in [1.807, 2.05) is 0 Å². The van der Waals surface area contributed by atoms with Crippen LogP contribution in [0.4, 0.5) is 0 Å². The topological polar surface area (TPSA) is 29.0 Å². The van der Waals surface area contributed by atoms with E-state index in [-0.39, 0.29) is 0 Å². The Bertz CT molecular complexity index is 402. The van der Waals surface area contributed by atoms with Gasteiger partial charge in [-0.25, -0.2) is 0 Å². The lowest BCUT2D eigenvalue weighted by Crippen LogP contribution is -2.59. The molecule has 3 heterocycles. The van der Waals surface area contributed by atoms with Gasteiger partial charge in [0.1, 0.15) is 0 Å². The summed E-state index contributed by atoms with van der Waals surface area (Å²) in [5, 5.41) is 7.13. The summed E-state index contributed by atoms with van der Waals surface area (Å²) in [6.07, 6.45) is 7.23. The molecule has 1 aromatic heterocycles. The monoisotopic (exact) mass is 247 g/mol. The van der Waals surface area contributed by atoms with E-state index in [0.717, 1.165) is 6.54 Å². The van der Waals surface area contributed by atoms with E-state index in [9.17, 15) is 0 Å². The zero-order valence-corrected chi connectivity index (χ0v) is 11.6. The normalized spacial score (nSPS) is 26.5. The smallest absolute Gasteiger partial charge is 0.0405 e. The molecule has 0 unspecified atom stereocenters. The molecular formula is C15H25N3. The van der Waals surface area contributed by atoms with Gasteiger partial charge in [-0.1, -0.05) is 13.8 Å². The van der Waals surface area contributed by atoms with Crippen molar-refractivity contribution in [3.05, 3.63) is 24.0 Å². The molecule has 3 rings (SSSR count). The van der Waals surface area contributed by atoms with Gasteiger partial charge in [0.15, 0.2) is 0 Å². The van der Waals surface area contributed by atoms with Crippen LogP contribution in [0.3, 0.4) is 0 Å². The van der Waals surface area contributed by atoms with E-state index in [4.69, 9.17) is 0 Å². The number of rotatable bonds is 3. The molecule has 0 aliphatic carbocycles. The van der Waals surface area contributed by atoms with Gasteiger partial charge in [-0.05, 0) is 43.5 Å². The van der Waals surface area contributed by atoms with Crippen LogP contribution in [0.15, 0.2) is 18.5 Å². The molecule has 2 fully saturated rings. The van der Waals surface area contributed by atoms with Crippen LogP contribution >= 0.6 is 0 Å².